The van der Waals surface area contributed by atoms with E-state index in [1.54, 1.807) is 17.6 Å². The van der Waals surface area contributed by atoms with Gasteiger partial charge in [0.25, 0.3) is 0 Å². The fraction of sp³-hybridized carbons (Fsp3) is 0.304. The van der Waals surface area contributed by atoms with Crippen molar-refractivity contribution in [2.24, 2.45) is 0 Å². The molecule has 3 aromatic rings. The van der Waals surface area contributed by atoms with Crippen LogP contribution in [0.5, 0.6) is 5.75 Å². The average molecular weight is 490 g/mol. The van der Waals surface area contributed by atoms with Crippen molar-refractivity contribution >= 4 is 51.5 Å². The van der Waals surface area contributed by atoms with Gasteiger partial charge in [0, 0.05) is 30.0 Å². The molecule has 0 atom stereocenters. The third-order valence-corrected chi connectivity index (χ3v) is 5.39. The Labute approximate surface area is 200 Å². The van der Waals surface area contributed by atoms with Crippen LogP contribution in [0.3, 0.4) is 0 Å². The van der Waals surface area contributed by atoms with E-state index in [-0.39, 0.29) is 17.4 Å². The Morgan fingerprint density at radius 2 is 1.79 bits per heavy atom. The quantitative estimate of drug-likeness (QED) is 0.170. The zero-order valence-electron chi connectivity index (χ0n) is 18.5. The van der Waals surface area contributed by atoms with Crippen LogP contribution >= 0.6 is 11.6 Å². The molecule has 2 aromatic carbocycles. The number of anilines is 3. The molecular weight excluding hydrogens is 465 g/mol. The lowest BCUT2D eigenvalue weighted by Crippen LogP contribution is -2.17. The molecule has 1 aromatic heterocycles. The summed E-state index contributed by atoms with van der Waals surface area (Å²) in [5.74, 6) is -0.211. The fourth-order valence-corrected chi connectivity index (χ4v) is 3.53. The van der Waals surface area contributed by atoms with Crippen LogP contribution < -0.4 is 20.9 Å². The first-order valence-electron chi connectivity index (χ1n) is 10.7. The van der Waals surface area contributed by atoms with E-state index in [2.05, 4.69) is 20.6 Å². The predicted octanol–water partition coefficient (Wildman–Crippen LogP) is 4.96. The minimum absolute atomic E-state index is 0.0188. The molecule has 0 radical (unpaired) electrons. The number of nitrogens with one attached hydrogen (secondary N) is 3. The molecule has 11 heteroatoms. The van der Waals surface area contributed by atoms with Gasteiger partial charge in [-0.3, -0.25) is 14.8 Å². The molecule has 1 heterocycles. The molecule has 0 aliphatic rings. The number of methoxy groups -OCH3 is 1. The van der Waals surface area contributed by atoms with Crippen LogP contribution in [-0.4, -0.2) is 34.1 Å². The van der Waals surface area contributed by atoms with E-state index in [1.165, 1.54) is 31.6 Å². The van der Waals surface area contributed by atoms with Gasteiger partial charge >= 0.3 is 0 Å². The third kappa shape index (κ3) is 6.75. The Morgan fingerprint density at radius 1 is 1.06 bits per heavy atom. The lowest BCUT2D eigenvalue weighted by molar-refractivity contribution is -0.129. The molecule has 0 fully saturated rings. The summed E-state index contributed by atoms with van der Waals surface area (Å²) >= 11 is 5.87. The van der Waals surface area contributed by atoms with E-state index in [0.717, 1.165) is 12.8 Å². The molecule has 180 valence electrons. The van der Waals surface area contributed by atoms with Crippen molar-refractivity contribution in [2.45, 2.75) is 38.5 Å². The number of hydrogen-bond acceptors (Lipinski definition) is 7. The maximum Gasteiger partial charge on any atom is 0.243 e. The number of hydrogen-bond donors (Lipinski definition) is 4. The Balaban J connectivity index is 1.69. The zero-order chi connectivity index (χ0) is 24.5. The van der Waals surface area contributed by atoms with Crippen LogP contribution in [0.2, 0.25) is 5.02 Å². The molecule has 0 aliphatic carbocycles. The third-order valence-electron chi connectivity index (χ3n) is 5.10. The zero-order valence-corrected chi connectivity index (χ0v) is 19.3. The van der Waals surface area contributed by atoms with Gasteiger partial charge in [0.1, 0.15) is 23.7 Å². The Bertz CT molecular complexity index is 1180. The topological polar surface area (TPSA) is 125 Å². The lowest BCUT2D eigenvalue weighted by atomic mass is 10.1. The smallest absolute Gasteiger partial charge is 0.243 e. The number of carbonyl (C=O) groups excluding carboxylic acids is 2. The van der Waals surface area contributed by atoms with E-state index in [1.807, 2.05) is 0 Å². The van der Waals surface area contributed by atoms with Crippen LogP contribution in [0.1, 0.15) is 38.5 Å². The summed E-state index contributed by atoms with van der Waals surface area (Å²) in [6.07, 6.45) is 4.79. The summed E-state index contributed by atoms with van der Waals surface area (Å²) in [6.45, 7) is 0. The summed E-state index contributed by atoms with van der Waals surface area (Å²) in [5, 5.41) is 15.0. The number of hydroxylamine groups is 1. The van der Waals surface area contributed by atoms with Gasteiger partial charge in [0.15, 0.2) is 0 Å². The normalized spacial score (nSPS) is 10.7. The maximum absolute atomic E-state index is 13.5. The number of unbranched alkanes of at least 4 members (excludes halogenated alkanes) is 3. The van der Waals surface area contributed by atoms with Gasteiger partial charge in [0.2, 0.25) is 11.8 Å². The highest BCUT2D eigenvalue weighted by Gasteiger charge is 2.13. The minimum atomic E-state index is -0.523. The first-order chi connectivity index (χ1) is 16.4. The molecule has 3 rings (SSSR count). The SMILES string of the molecule is COc1cc2ncnc(Nc3ccc(F)c(Cl)c3)c2cc1NC(=O)CCCCCCC(=O)NO. The van der Waals surface area contributed by atoms with Crippen molar-refractivity contribution in [1.82, 2.24) is 15.4 Å². The van der Waals surface area contributed by atoms with E-state index < -0.39 is 11.7 Å². The average Bonchev–Trinajstić information content (AvgIpc) is 2.83. The van der Waals surface area contributed by atoms with Crippen LogP contribution in [0.15, 0.2) is 36.7 Å². The second kappa shape index (κ2) is 12.1. The first-order valence-corrected chi connectivity index (χ1v) is 11.1. The molecule has 4 N–H and O–H groups in total. The second-order valence-electron chi connectivity index (χ2n) is 7.54. The van der Waals surface area contributed by atoms with E-state index in [4.69, 9.17) is 21.5 Å². The standard InChI is InChI=1S/C23H25ClFN5O4/c1-34-20-12-18-15(23(27-13-26-18)28-14-8-9-17(25)16(24)10-14)11-19(20)29-21(31)6-4-2-3-5-7-22(32)30-33/h8-13,33H,2-7H2,1H3,(H,29,31)(H,30,32)(H,26,27,28). The Hall–Kier alpha value is -3.50. The van der Waals surface area contributed by atoms with Crippen LogP contribution in [-0.2, 0) is 9.59 Å². The molecule has 0 aliphatic heterocycles. The predicted molar refractivity (Wildman–Crippen MR) is 127 cm³/mol. The van der Waals surface area contributed by atoms with E-state index >= 15 is 0 Å². The van der Waals surface area contributed by atoms with Crippen LogP contribution in [0.25, 0.3) is 10.9 Å². The first kappa shape index (κ1) is 25.1. The number of benzene rings is 2. The number of amides is 2. The van der Waals surface area contributed by atoms with Gasteiger partial charge in [-0.25, -0.2) is 19.8 Å². The maximum atomic E-state index is 13.5. The summed E-state index contributed by atoms with van der Waals surface area (Å²) in [4.78, 5) is 32.0. The van der Waals surface area contributed by atoms with Crippen molar-refractivity contribution < 1.29 is 23.9 Å². The highest BCUT2D eigenvalue weighted by molar-refractivity contribution is 6.31. The monoisotopic (exact) mass is 489 g/mol. The fourth-order valence-electron chi connectivity index (χ4n) is 3.35. The molecule has 2 amide bonds. The van der Waals surface area contributed by atoms with Crippen molar-refractivity contribution in [2.75, 3.05) is 17.7 Å². The number of nitrogens with zero attached hydrogens (tertiary/aromatic N) is 2. The van der Waals surface area contributed by atoms with Gasteiger partial charge in [-0.1, -0.05) is 24.4 Å². The summed E-state index contributed by atoms with van der Waals surface area (Å²) in [6, 6.07) is 7.66. The van der Waals surface area contributed by atoms with Gasteiger partial charge in [0.05, 0.1) is 23.3 Å². The molecule has 9 nitrogen and oxygen atoms in total. The Kier molecular flexibility index (Phi) is 8.94. The highest BCUT2D eigenvalue weighted by Crippen LogP contribution is 2.33. The van der Waals surface area contributed by atoms with E-state index in [0.29, 0.717) is 53.1 Å². The lowest BCUT2D eigenvalue weighted by Gasteiger charge is -2.14. The van der Waals surface area contributed by atoms with Crippen molar-refractivity contribution in [1.29, 1.82) is 0 Å². The number of fused-ring (bicyclic) bond motifs is 1. The van der Waals surface area contributed by atoms with Crippen LogP contribution in [0, 0.1) is 5.82 Å². The number of aromatic nitrogens is 2. The summed E-state index contributed by atoms with van der Waals surface area (Å²) in [5.41, 5.74) is 3.20. The summed E-state index contributed by atoms with van der Waals surface area (Å²) < 4.78 is 18.9. The van der Waals surface area contributed by atoms with E-state index in [9.17, 15) is 14.0 Å². The number of rotatable bonds is 11. The van der Waals surface area contributed by atoms with Crippen LogP contribution in [0.4, 0.5) is 21.6 Å². The second-order valence-corrected chi connectivity index (χ2v) is 7.95. The number of halogens is 2. The number of ether oxygens (including phenoxy) is 1. The van der Waals surface area contributed by atoms with Gasteiger partial charge in [-0.2, -0.15) is 0 Å². The molecule has 0 bridgehead atoms. The summed E-state index contributed by atoms with van der Waals surface area (Å²) in [7, 11) is 1.50. The molecule has 0 unspecified atom stereocenters. The van der Waals surface area contributed by atoms with Gasteiger partial charge in [-0.15, -0.1) is 0 Å². The minimum Gasteiger partial charge on any atom is -0.494 e. The molecular formula is C23H25ClFN5O4. The van der Waals surface area contributed by atoms with Crippen molar-refractivity contribution in [3.05, 3.63) is 47.5 Å². The Morgan fingerprint density at radius 3 is 2.47 bits per heavy atom. The molecule has 34 heavy (non-hydrogen) atoms. The largest absolute Gasteiger partial charge is 0.494 e. The highest BCUT2D eigenvalue weighted by atomic mass is 35.5. The molecule has 0 spiro atoms. The van der Waals surface area contributed by atoms with Gasteiger partial charge < -0.3 is 15.4 Å². The molecule has 0 saturated heterocycles. The van der Waals surface area contributed by atoms with Crippen molar-refractivity contribution in [3.8, 4) is 5.75 Å². The molecule has 0 saturated carbocycles. The van der Waals surface area contributed by atoms with Crippen molar-refractivity contribution in [3.63, 3.8) is 0 Å². The van der Waals surface area contributed by atoms with Gasteiger partial charge in [-0.05, 0) is 37.1 Å². The number of carbonyl (C=O) groups is 2.